The van der Waals surface area contributed by atoms with E-state index < -0.39 is 0 Å². The average molecular weight is 163 g/mol. The zero-order chi connectivity index (χ0) is 3.98. The van der Waals surface area contributed by atoms with Crippen LogP contribution in [0.5, 0.6) is 0 Å². The molecular formula is C4H4SSe. The number of allylic oxidation sites excluding steroid dienone is 1. The van der Waals surface area contributed by atoms with Gasteiger partial charge in [0.25, 0.3) is 0 Å². The third-order valence-electron chi connectivity index (χ3n) is 0.964. The summed E-state index contributed by atoms with van der Waals surface area (Å²) in [5, 5.41) is 2.24. The quantitative estimate of drug-likeness (QED) is 0.481. The minimum atomic E-state index is 1.01. The van der Waals surface area contributed by atoms with E-state index in [9.17, 15) is 0 Å². The van der Waals surface area contributed by atoms with Gasteiger partial charge < -0.3 is 0 Å². The van der Waals surface area contributed by atoms with E-state index in [1.807, 2.05) is 11.8 Å². The van der Waals surface area contributed by atoms with E-state index in [-0.39, 0.29) is 0 Å². The molecule has 6 heavy (non-hydrogen) atoms. The van der Waals surface area contributed by atoms with Crippen LogP contribution in [0, 0.1) is 0 Å². The first-order chi connectivity index (χ1) is 2.97. The standard InChI is InChI=1S/C4H4SSe/c1-2-5-4-3(1)6-4/h1-4H. The van der Waals surface area contributed by atoms with Gasteiger partial charge in [-0.15, -0.1) is 0 Å². The molecule has 2 atom stereocenters. The predicted octanol–water partition coefficient (Wildman–Crippen LogP) is 1.08. The van der Waals surface area contributed by atoms with Gasteiger partial charge in [-0.25, -0.2) is 0 Å². The molecule has 0 amide bonds. The second-order valence-electron chi connectivity index (χ2n) is 1.43. The third-order valence-corrected chi connectivity index (χ3v) is 5.58. The fourth-order valence-electron chi connectivity index (χ4n) is 0.555. The maximum atomic E-state index is 2.34. The summed E-state index contributed by atoms with van der Waals surface area (Å²) in [6, 6.07) is 0. The topological polar surface area (TPSA) is 0 Å². The van der Waals surface area contributed by atoms with Crippen LogP contribution in [0.25, 0.3) is 0 Å². The first-order valence-electron chi connectivity index (χ1n) is 1.94. The van der Waals surface area contributed by atoms with Crippen molar-refractivity contribution in [2.45, 2.75) is 8.96 Å². The molecule has 0 N–H and O–H groups in total. The summed E-state index contributed by atoms with van der Waals surface area (Å²) in [6.45, 7) is 0. The molecule has 0 saturated carbocycles. The molecule has 2 rings (SSSR count). The van der Waals surface area contributed by atoms with Crippen molar-refractivity contribution in [2.24, 2.45) is 0 Å². The van der Waals surface area contributed by atoms with Crippen LogP contribution in [-0.4, -0.2) is 19.1 Å². The Hall–Kier alpha value is 0.609. The normalized spacial score (nSPS) is 49.3. The van der Waals surface area contributed by atoms with Gasteiger partial charge in [-0.1, -0.05) is 0 Å². The Labute approximate surface area is 47.5 Å². The van der Waals surface area contributed by atoms with Gasteiger partial charge in [0.15, 0.2) is 0 Å². The molecule has 0 nitrogen and oxygen atoms in total. The molecular weight excluding hydrogens is 159 g/mol. The molecule has 1 saturated heterocycles. The van der Waals surface area contributed by atoms with E-state index >= 15 is 0 Å². The second-order valence-corrected chi connectivity index (χ2v) is 5.94. The van der Waals surface area contributed by atoms with Gasteiger partial charge >= 0.3 is 47.2 Å². The molecule has 1 fully saturated rings. The SMILES string of the molecule is C1=CC2[Se]C2S1. The Balaban J connectivity index is 2.26. The number of hydrogen-bond donors (Lipinski definition) is 0. The fraction of sp³-hybridized carbons (Fsp3) is 0.500. The summed E-state index contributed by atoms with van der Waals surface area (Å²) in [4.78, 5) is 1.06. The molecule has 2 aliphatic heterocycles. The molecule has 0 bridgehead atoms. The van der Waals surface area contributed by atoms with Gasteiger partial charge in [0.05, 0.1) is 0 Å². The van der Waals surface area contributed by atoms with Crippen molar-refractivity contribution in [1.82, 2.24) is 0 Å². The Bertz CT molecular complexity index is 99.7. The summed E-state index contributed by atoms with van der Waals surface area (Å²) in [6.07, 6.45) is 2.34. The van der Waals surface area contributed by atoms with Crippen molar-refractivity contribution in [3.8, 4) is 0 Å². The van der Waals surface area contributed by atoms with E-state index in [1.54, 1.807) is 0 Å². The first-order valence-corrected chi connectivity index (χ1v) is 4.86. The Morgan fingerprint density at radius 1 is 1.67 bits per heavy atom. The second kappa shape index (κ2) is 1.06. The molecule has 0 aromatic carbocycles. The Kier molecular flexibility index (Phi) is 0.634. The van der Waals surface area contributed by atoms with Gasteiger partial charge in [0.1, 0.15) is 0 Å². The maximum absolute atomic E-state index is 2.34. The molecule has 2 heterocycles. The minimum absolute atomic E-state index is 1.01. The predicted molar refractivity (Wildman–Crippen MR) is 30.0 cm³/mol. The van der Waals surface area contributed by atoms with E-state index in [4.69, 9.17) is 0 Å². The van der Waals surface area contributed by atoms with Crippen molar-refractivity contribution in [3.05, 3.63) is 11.5 Å². The van der Waals surface area contributed by atoms with E-state index in [1.165, 1.54) is 0 Å². The van der Waals surface area contributed by atoms with Crippen molar-refractivity contribution >= 4 is 26.7 Å². The molecule has 2 aliphatic rings. The fourth-order valence-corrected chi connectivity index (χ4v) is 4.39. The van der Waals surface area contributed by atoms with Gasteiger partial charge in [0, 0.05) is 0 Å². The Morgan fingerprint density at radius 3 is 2.83 bits per heavy atom. The van der Waals surface area contributed by atoms with Crippen molar-refractivity contribution in [2.75, 3.05) is 0 Å². The summed E-state index contributed by atoms with van der Waals surface area (Å²) in [5.41, 5.74) is 0. The van der Waals surface area contributed by atoms with Crippen LogP contribution in [0.3, 0.4) is 0 Å². The molecule has 2 unspecified atom stereocenters. The average Bonchev–Trinajstić information content (AvgIpc) is 2.17. The summed E-state index contributed by atoms with van der Waals surface area (Å²) < 4.78 is 1.08. The molecule has 32 valence electrons. The van der Waals surface area contributed by atoms with Crippen molar-refractivity contribution in [3.63, 3.8) is 0 Å². The monoisotopic (exact) mass is 164 g/mol. The number of rotatable bonds is 0. The Morgan fingerprint density at radius 2 is 2.67 bits per heavy atom. The molecule has 2 heteroatoms. The van der Waals surface area contributed by atoms with Crippen molar-refractivity contribution in [1.29, 1.82) is 0 Å². The van der Waals surface area contributed by atoms with Gasteiger partial charge in [-0.3, -0.25) is 0 Å². The van der Waals surface area contributed by atoms with E-state index in [0.717, 1.165) is 23.9 Å². The van der Waals surface area contributed by atoms with Gasteiger partial charge in [-0.2, -0.15) is 0 Å². The summed E-state index contributed by atoms with van der Waals surface area (Å²) in [5.74, 6) is 0. The van der Waals surface area contributed by atoms with Crippen LogP contribution in [0.1, 0.15) is 0 Å². The zero-order valence-corrected chi connectivity index (χ0v) is 5.66. The van der Waals surface area contributed by atoms with Crippen LogP contribution >= 0.6 is 11.8 Å². The molecule has 0 aromatic heterocycles. The van der Waals surface area contributed by atoms with Crippen LogP contribution in [0.4, 0.5) is 0 Å². The number of thioether (sulfide) groups is 1. The van der Waals surface area contributed by atoms with Gasteiger partial charge in [-0.05, 0) is 0 Å². The summed E-state index contributed by atoms with van der Waals surface area (Å²) in [7, 11) is 0. The summed E-state index contributed by atoms with van der Waals surface area (Å²) >= 11 is 3.03. The molecule has 0 aliphatic carbocycles. The number of hydrogen-bond acceptors (Lipinski definition) is 1. The van der Waals surface area contributed by atoms with E-state index in [0.29, 0.717) is 0 Å². The molecule has 0 aromatic rings. The number of fused-ring (bicyclic) bond motifs is 1. The van der Waals surface area contributed by atoms with Crippen LogP contribution < -0.4 is 0 Å². The first kappa shape index (κ1) is 3.59. The van der Waals surface area contributed by atoms with Crippen molar-refractivity contribution < 1.29 is 0 Å². The van der Waals surface area contributed by atoms with Gasteiger partial charge in [0.2, 0.25) is 0 Å². The van der Waals surface area contributed by atoms with Crippen LogP contribution in [0.15, 0.2) is 11.5 Å². The molecule has 0 radical (unpaired) electrons. The third kappa shape index (κ3) is 0.378. The zero-order valence-electron chi connectivity index (χ0n) is 3.13. The molecule has 0 spiro atoms. The van der Waals surface area contributed by atoms with E-state index in [2.05, 4.69) is 11.5 Å². The van der Waals surface area contributed by atoms with Crippen LogP contribution in [-0.2, 0) is 0 Å². The van der Waals surface area contributed by atoms with Crippen LogP contribution in [0.2, 0.25) is 4.82 Å².